The molecule has 1 amide bonds. The van der Waals surface area contributed by atoms with Gasteiger partial charge in [-0.15, -0.1) is 0 Å². The van der Waals surface area contributed by atoms with Crippen LogP contribution in [0.2, 0.25) is 0 Å². The number of ether oxygens (including phenoxy) is 2. The van der Waals surface area contributed by atoms with Crippen molar-refractivity contribution >= 4 is 35.1 Å². The van der Waals surface area contributed by atoms with Gasteiger partial charge in [0.05, 0.1) is 5.56 Å². The third-order valence-corrected chi connectivity index (χ3v) is 6.89. The molecule has 11 heteroatoms. The number of fused-ring (bicyclic) bond motifs is 3. The number of benzene rings is 1. The number of aliphatic hydroxyl groups is 1. The van der Waals surface area contributed by atoms with Crippen molar-refractivity contribution < 1.29 is 43.7 Å². The molecule has 190 valence electrons. The maximum absolute atomic E-state index is 13.9. The number of aromatic hydroxyl groups is 1. The predicted molar refractivity (Wildman–Crippen MR) is 124 cm³/mol. The average molecular weight is 498 g/mol. The number of nitrogens with two attached hydrogens (primary N) is 1. The van der Waals surface area contributed by atoms with Gasteiger partial charge < -0.3 is 30.3 Å². The van der Waals surface area contributed by atoms with Crippen LogP contribution < -0.4 is 10.6 Å². The molecule has 1 aromatic rings. The highest BCUT2D eigenvalue weighted by Crippen LogP contribution is 2.54. The minimum Gasteiger partial charge on any atom is -0.511 e. The number of amides is 1. The van der Waals surface area contributed by atoms with E-state index in [1.165, 1.54) is 6.07 Å². The molecule has 1 aromatic carbocycles. The SMILES string of the molecule is CC(=O)OC1=C2C(=O)c3c(O)ccc(N(C)C)c3CC2CC2CC(O)=C(C(N)=O)C(=O)C12OC(C)=O. The summed E-state index contributed by atoms with van der Waals surface area (Å²) in [5.41, 5.74) is 3.31. The second kappa shape index (κ2) is 8.51. The maximum atomic E-state index is 13.9. The van der Waals surface area contributed by atoms with E-state index >= 15 is 0 Å². The Morgan fingerprint density at radius 3 is 2.31 bits per heavy atom. The monoisotopic (exact) mass is 498 g/mol. The van der Waals surface area contributed by atoms with Crippen LogP contribution in [0.5, 0.6) is 5.75 Å². The number of phenols is 1. The van der Waals surface area contributed by atoms with Crippen LogP contribution in [0.3, 0.4) is 0 Å². The lowest BCUT2D eigenvalue weighted by Crippen LogP contribution is -2.60. The largest absolute Gasteiger partial charge is 0.511 e. The van der Waals surface area contributed by atoms with E-state index in [9.17, 15) is 34.2 Å². The molecule has 0 aromatic heterocycles. The van der Waals surface area contributed by atoms with Crippen LogP contribution in [-0.4, -0.2) is 59.3 Å². The molecule has 0 fully saturated rings. The number of hydrogen-bond acceptors (Lipinski definition) is 10. The Morgan fingerprint density at radius 2 is 1.75 bits per heavy atom. The molecule has 3 aliphatic rings. The third kappa shape index (κ3) is 3.53. The molecule has 0 saturated carbocycles. The molecule has 0 bridgehead atoms. The first kappa shape index (κ1) is 25.0. The van der Waals surface area contributed by atoms with Crippen LogP contribution in [0.25, 0.3) is 0 Å². The molecule has 3 unspecified atom stereocenters. The van der Waals surface area contributed by atoms with Crippen molar-refractivity contribution in [1.29, 1.82) is 0 Å². The van der Waals surface area contributed by atoms with Gasteiger partial charge in [-0.1, -0.05) is 0 Å². The van der Waals surface area contributed by atoms with Gasteiger partial charge in [0.15, 0.2) is 11.5 Å². The molecule has 11 nitrogen and oxygen atoms in total. The molecule has 4 rings (SSSR count). The second-order valence-electron chi connectivity index (χ2n) is 9.40. The van der Waals surface area contributed by atoms with Crippen LogP contribution >= 0.6 is 0 Å². The minimum atomic E-state index is -2.37. The first-order chi connectivity index (χ1) is 16.8. The summed E-state index contributed by atoms with van der Waals surface area (Å²) in [6, 6.07) is 3.04. The van der Waals surface area contributed by atoms with E-state index in [1.54, 1.807) is 25.1 Å². The fourth-order valence-electron chi connectivity index (χ4n) is 5.66. The Morgan fingerprint density at radius 1 is 1.08 bits per heavy atom. The van der Waals surface area contributed by atoms with E-state index in [0.717, 1.165) is 13.8 Å². The van der Waals surface area contributed by atoms with Crippen molar-refractivity contribution in [2.45, 2.75) is 38.7 Å². The van der Waals surface area contributed by atoms with Crippen molar-refractivity contribution in [2.75, 3.05) is 19.0 Å². The van der Waals surface area contributed by atoms with Gasteiger partial charge >= 0.3 is 11.9 Å². The smallest absolute Gasteiger partial charge is 0.307 e. The van der Waals surface area contributed by atoms with E-state index < -0.39 is 63.9 Å². The number of ketones is 2. The average Bonchev–Trinajstić information content (AvgIpc) is 2.74. The number of hydrogen-bond donors (Lipinski definition) is 3. The summed E-state index contributed by atoms with van der Waals surface area (Å²) >= 11 is 0. The number of primary amides is 1. The molecule has 3 atom stereocenters. The van der Waals surface area contributed by atoms with Gasteiger partial charge in [0.2, 0.25) is 11.4 Å². The van der Waals surface area contributed by atoms with Crippen molar-refractivity contribution in [3.8, 4) is 5.75 Å². The number of phenolic OH excluding ortho intramolecular Hbond substituents is 1. The highest BCUT2D eigenvalue weighted by molar-refractivity contribution is 6.25. The predicted octanol–water partition coefficient (Wildman–Crippen LogP) is 1.22. The van der Waals surface area contributed by atoms with E-state index in [1.807, 2.05) is 0 Å². The number of anilines is 1. The van der Waals surface area contributed by atoms with Gasteiger partial charge in [0, 0.05) is 51.5 Å². The van der Waals surface area contributed by atoms with E-state index in [-0.39, 0.29) is 36.1 Å². The normalized spacial score (nSPS) is 25.0. The fourth-order valence-corrected chi connectivity index (χ4v) is 5.66. The molecule has 0 saturated heterocycles. The van der Waals surface area contributed by atoms with Crippen LogP contribution in [0, 0.1) is 11.8 Å². The molecule has 0 spiro atoms. The molecule has 0 aliphatic heterocycles. The summed E-state index contributed by atoms with van der Waals surface area (Å²) < 4.78 is 11.0. The highest BCUT2D eigenvalue weighted by atomic mass is 16.6. The Bertz CT molecular complexity index is 1310. The molecule has 4 N–H and O–H groups in total. The number of Topliss-reactive ketones (excluding diaryl/α,β-unsaturated/α-hetero) is 2. The van der Waals surface area contributed by atoms with Gasteiger partial charge in [-0.05, 0) is 36.5 Å². The van der Waals surface area contributed by atoms with E-state index in [0.29, 0.717) is 11.3 Å². The van der Waals surface area contributed by atoms with Crippen LogP contribution in [0.1, 0.15) is 42.6 Å². The summed E-state index contributed by atoms with van der Waals surface area (Å²) in [6.45, 7) is 2.07. The van der Waals surface area contributed by atoms with E-state index in [2.05, 4.69) is 0 Å². The molecule has 0 heterocycles. The van der Waals surface area contributed by atoms with Crippen LogP contribution in [0.15, 0.2) is 34.8 Å². The molecular weight excluding hydrogens is 472 g/mol. The number of allylic oxidation sites excluding steroid dienone is 2. The number of carbonyl (C=O) groups excluding carboxylic acids is 5. The molecular formula is C25H26N2O9. The first-order valence-electron chi connectivity index (χ1n) is 11.3. The Labute approximate surface area is 206 Å². The number of carbonyl (C=O) groups is 5. The summed E-state index contributed by atoms with van der Waals surface area (Å²) in [5, 5.41) is 21.1. The Balaban J connectivity index is 2.07. The van der Waals surface area contributed by atoms with Gasteiger partial charge in [-0.25, -0.2) is 0 Å². The summed E-state index contributed by atoms with van der Waals surface area (Å²) in [4.78, 5) is 65.9. The number of rotatable bonds is 4. The zero-order valence-electron chi connectivity index (χ0n) is 20.2. The van der Waals surface area contributed by atoms with E-state index in [4.69, 9.17) is 15.2 Å². The topological polar surface area (TPSA) is 174 Å². The second-order valence-corrected chi connectivity index (χ2v) is 9.40. The number of esters is 2. The zero-order chi connectivity index (χ0) is 26.7. The third-order valence-electron chi connectivity index (χ3n) is 6.89. The van der Waals surface area contributed by atoms with Gasteiger partial charge in [-0.3, -0.25) is 24.0 Å². The molecule has 3 aliphatic carbocycles. The van der Waals surface area contributed by atoms with Crippen LogP contribution in [0.4, 0.5) is 5.69 Å². The fraction of sp³-hybridized carbons (Fsp3) is 0.400. The lowest BCUT2D eigenvalue weighted by atomic mass is 9.60. The molecule has 0 radical (unpaired) electrons. The van der Waals surface area contributed by atoms with Crippen molar-refractivity contribution in [3.63, 3.8) is 0 Å². The quantitative estimate of drug-likeness (QED) is 0.404. The lowest BCUT2D eigenvalue weighted by Gasteiger charge is -2.48. The standard InChI is InChI=1S/C25H26N2O9/c1-10(28)35-23-18-12(8-14-15(27(3)4)5-6-16(30)19(14)21(18)32)7-13-9-17(31)20(24(26)34)22(33)25(13,23)36-11(2)29/h5-6,12-13,30-31H,7-9H2,1-4H3,(H2,26,34). The first-order valence-corrected chi connectivity index (χ1v) is 11.3. The van der Waals surface area contributed by atoms with Crippen molar-refractivity contribution in [2.24, 2.45) is 17.6 Å². The summed E-state index contributed by atoms with van der Waals surface area (Å²) in [6.07, 6.45) is 0.0213. The Kier molecular flexibility index (Phi) is 5.90. The molecule has 36 heavy (non-hydrogen) atoms. The van der Waals surface area contributed by atoms with Crippen molar-refractivity contribution in [3.05, 3.63) is 45.9 Å². The lowest BCUT2D eigenvalue weighted by molar-refractivity contribution is -0.177. The summed E-state index contributed by atoms with van der Waals surface area (Å²) in [5.74, 6) is -7.94. The summed E-state index contributed by atoms with van der Waals surface area (Å²) in [7, 11) is 3.57. The highest BCUT2D eigenvalue weighted by Gasteiger charge is 2.64. The Hall–Kier alpha value is -4.15. The van der Waals surface area contributed by atoms with Gasteiger partial charge in [-0.2, -0.15) is 0 Å². The number of nitrogens with zero attached hydrogens (tertiary/aromatic N) is 1. The zero-order valence-corrected chi connectivity index (χ0v) is 20.2. The van der Waals surface area contributed by atoms with Gasteiger partial charge in [0.25, 0.3) is 5.91 Å². The van der Waals surface area contributed by atoms with Crippen molar-refractivity contribution in [1.82, 2.24) is 0 Å². The van der Waals surface area contributed by atoms with Crippen LogP contribution in [-0.2, 0) is 35.1 Å². The maximum Gasteiger partial charge on any atom is 0.307 e. The van der Waals surface area contributed by atoms with Gasteiger partial charge in [0.1, 0.15) is 17.1 Å². The number of aliphatic hydroxyl groups excluding tert-OH is 1. The minimum absolute atomic E-state index is 0.0229.